The number of pyridine rings is 1. The number of fused-ring (bicyclic) bond motifs is 2. The molecule has 6 rings (SSSR count). The fourth-order valence-corrected chi connectivity index (χ4v) is 6.06. The van der Waals surface area contributed by atoms with Crippen LogP contribution in [0.3, 0.4) is 0 Å². The fourth-order valence-electron chi connectivity index (χ4n) is 6.06. The van der Waals surface area contributed by atoms with Crippen LogP contribution in [-0.4, -0.2) is 62.2 Å². The molecule has 0 atom stereocenters. The molecule has 3 aromatic heterocycles. The zero-order chi connectivity index (χ0) is 26.4. The van der Waals surface area contributed by atoms with Crippen molar-refractivity contribution >= 4 is 16.9 Å². The standard InChI is InChI=1S/C30H36N6O2/c1-20(2)36-29-33-26(16-28(37)35(29)19-30(36,3)4)24-18-31-25-9-7-21(15-23(24)25)22-8-10-27(32-17-22)38-14-13-34-11-5-6-12-34/h7-10,15-18,20,31H,5-6,11-14,19H2,1-4H3. The van der Waals surface area contributed by atoms with E-state index in [1.807, 2.05) is 24.5 Å². The van der Waals surface area contributed by atoms with Gasteiger partial charge in [0.15, 0.2) is 0 Å². The average molecular weight is 513 g/mol. The van der Waals surface area contributed by atoms with Crippen molar-refractivity contribution in [2.24, 2.45) is 0 Å². The van der Waals surface area contributed by atoms with Gasteiger partial charge in [0.2, 0.25) is 11.8 Å². The first-order chi connectivity index (χ1) is 18.3. The molecule has 0 bridgehead atoms. The Kier molecular flexibility index (Phi) is 6.22. The van der Waals surface area contributed by atoms with Crippen molar-refractivity contribution in [1.82, 2.24) is 24.4 Å². The molecule has 0 unspecified atom stereocenters. The molecular formula is C30H36N6O2. The highest BCUT2D eigenvalue weighted by Gasteiger charge is 2.39. The lowest BCUT2D eigenvalue weighted by Gasteiger charge is -2.35. The molecule has 1 fully saturated rings. The molecule has 1 N–H and O–H groups in total. The van der Waals surface area contributed by atoms with Gasteiger partial charge < -0.3 is 14.6 Å². The van der Waals surface area contributed by atoms with Crippen LogP contribution in [0.1, 0.15) is 40.5 Å². The lowest BCUT2D eigenvalue weighted by molar-refractivity contribution is 0.232. The third-order valence-electron chi connectivity index (χ3n) is 7.80. The van der Waals surface area contributed by atoms with Gasteiger partial charge in [0.25, 0.3) is 5.56 Å². The Bertz CT molecular complexity index is 1510. The summed E-state index contributed by atoms with van der Waals surface area (Å²) in [5.74, 6) is 1.39. The third kappa shape index (κ3) is 4.47. The van der Waals surface area contributed by atoms with E-state index < -0.39 is 0 Å². The van der Waals surface area contributed by atoms with E-state index in [0.717, 1.165) is 40.1 Å². The summed E-state index contributed by atoms with van der Waals surface area (Å²) >= 11 is 0. The zero-order valence-electron chi connectivity index (χ0n) is 22.7. The SMILES string of the molecule is CC(C)N1c2nc(-c3c[nH]c4ccc(-c5ccc(OCCN6CCCC6)nc5)cc34)cc(=O)n2CC1(C)C. The van der Waals surface area contributed by atoms with Crippen LogP contribution in [0.2, 0.25) is 0 Å². The number of anilines is 1. The largest absolute Gasteiger partial charge is 0.476 e. The minimum atomic E-state index is -0.170. The minimum absolute atomic E-state index is 0.0174. The van der Waals surface area contributed by atoms with Crippen molar-refractivity contribution < 1.29 is 4.74 Å². The van der Waals surface area contributed by atoms with Crippen LogP contribution < -0.4 is 15.2 Å². The van der Waals surface area contributed by atoms with E-state index in [1.165, 1.54) is 25.9 Å². The molecule has 0 amide bonds. The van der Waals surface area contributed by atoms with Crippen molar-refractivity contribution in [1.29, 1.82) is 0 Å². The highest BCUT2D eigenvalue weighted by Crippen LogP contribution is 2.36. The molecule has 1 saturated heterocycles. The second kappa shape index (κ2) is 9.58. The van der Waals surface area contributed by atoms with Gasteiger partial charge in [0, 0.05) is 59.1 Å². The number of hydrogen-bond acceptors (Lipinski definition) is 6. The third-order valence-corrected chi connectivity index (χ3v) is 7.80. The van der Waals surface area contributed by atoms with Crippen LogP contribution in [0.4, 0.5) is 5.95 Å². The summed E-state index contributed by atoms with van der Waals surface area (Å²) in [6.45, 7) is 13.2. The summed E-state index contributed by atoms with van der Waals surface area (Å²) in [5.41, 5.74) is 4.49. The van der Waals surface area contributed by atoms with Gasteiger partial charge >= 0.3 is 0 Å². The summed E-state index contributed by atoms with van der Waals surface area (Å²) in [6, 6.07) is 12.2. The number of aromatic nitrogens is 4. The van der Waals surface area contributed by atoms with Gasteiger partial charge in [0.1, 0.15) is 6.61 Å². The van der Waals surface area contributed by atoms with Gasteiger partial charge in [-0.05, 0) is 77.4 Å². The van der Waals surface area contributed by atoms with Gasteiger partial charge in [0.05, 0.1) is 17.8 Å². The highest BCUT2D eigenvalue weighted by molar-refractivity contribution is 5.97. The van der Waals surface area contributed by atoms with Crippen LogP contribution in [0.15, 0.2) is 53.6 Å². The summed E-state index contributed by atoms with van der Waals surface area (Å²) < 4.78 is 7.68. The molecule has 8 heteroatoms. The van der Waals surface area contributed by atoms with Crippen LogP contribution >= 0.6 is 0 Å². The fraction of sp³-hybridized carbons (Fsp3) is 0.433. The molecule has 0 saturated carbocycles. The molecule has 0 spiro atoms. The predicted octanol–water partition coefficient (Wildman–Crippen LogP) is 4.94. The molecule has 198 valence electrons. The van der Waals surface area contributed by atoms with Crippen molar-refractivity contribution in [2.75, 3.05) is 31.1 Å². The number of likely N-dealkylation sites (tertiary alicyclic amines) is 1. The Morgan fingerprint density at radius 1 is 1.08 bits per heavy atom. The summed E-state index contributed by atoms with van der Waals surface area (Å²) in [4.78, 5) is 30.8. The molecule has 5 heterocycles. The first-order valence-corrected chi connectivity index (χ1v) is 13.6. The topological polar surface area (TPSA) is 79.3 Å². The summed E-state index contributed by atoms with van der Waals surface area (Å²) in [7, 11) is 0. The number of benzene rings is 1. The summed E-state index contributed by atoms with van der Waals surface area (Å²) in [5, 5.41) is 1.03. The smallest absolute Gasteiger partial charge is 0.255 e. The maximum atomic E-state index is 13.2. The van der Waals surface area contributed by atoms with Crippen LogP contribution in [0.25, 0.3) is 33.3 Å². The molecule has 4 aromatic rings. The van der Waals surface area contributed by atoms with Crippen molar-refractivity contribution in [2.45, 2.75) is 58.7 Å². The normalized spacial score (nSPS) is 17.0. The Morgan fingerprint density at radius 3 is 2.61 bits per heavy atom. The molecule has 1 aromatic carbocycles. The molecule has 2 aliphatic rings. The summed E-state index contributed by atoms with van der Waals surface area (Å²) in [6.07, 6.45) is 6.38. The Labute approximate surface area is 223 Å². The number of ether oxygens (including phenoxy) is 1. The van der Waals surface area contributed by atoms with Crippen molar-refractivity contribution in [3.8, 4) is 28.3 Å². The van der Waals surface area contributed by atoms with Crippen LogP contribution in [0, 0.1) is 0 Å². The lowest BCUT2D eigenvalue weighted by Crippen LogP contribution is -2.45. The van der Waals surface area contributed by atoms with E-state index in [1.54, 1.807) is 10.6 Å². The predicted molar refractivity (Wildman–Crippen MR) is 152 cm³/mol. The lowest BCUT2D eigenvalue weighted by atomic mass is 10.0. The monoisotopic (exact) mass is 512 g/mol. The van der Waals surface area contributed by atoms with E-state index >= 15 is 0 Å². The van der Waals surface area contributed by atoms with Crippen molar-refractivity contribution in [3.63, 3.8) is 0 Å². The van der Waals surface area contributed by atoms with E-state index in [9.17, 15) is 4.79 Å². The maximum absolute atomic E-state index is 13.2. The minimum Gasteiger partial charge on any atom is -0.476 e. The first-order valence-electron chi connectivity index (χ1n) is 13.6. The van der Waals surface area contributed by atoms with E-state index in [2.05, 4.69) is 65.7 Å². The van der Waals surface area contributed by atoms with Gasteiger partial charge in [-0.15, -0.1) is 0 Å². The number of H-pyrrole nitrogens is 1. The molecule has 8 nitrogen and oxygen atoms in total. The Balaban J connectivity index is 1.28. The number of aromatic amines is 1. The molecule has 2 aliphatic heterocycles. The maximum Gasteiger partial charge on any atom is 0.255 e. The molecule has 38 heavy (non-hydrogen) atoms. The van der Waals surface area contributed by atoms with E-state index in [0.29, 0.717) is 24.7 Å². The number of nitrogens with one attached hydrogen (secondary N) is 1. The average Bonchev–Trinajstić information content (AvgIpc) is 3.61. The van der Waals surface area contributed by atoms with E-state index in [4.69, 9.17) is 9.72 Å². The van der Waals surface area contributed by atoms with Crippen LogP contribution in [0.5, 0.6) is 5.88 Å². The van der Waals surface area contributed by atoms with E-state index in [-0.39, 0.29) is 17.1 Å². The van der Waals surface area contributed by atoms with Gasteiger partial charge in [-0.25, -0.2) is 9.97 Å². The van der Waals surface area contributed by atoms with Gasteiger partial charge in [-0.2, -0.15) is 0 Å². The highest BCUT2D eigenvalue weighted by atomic mass is 16.5. The number of nitrogens with zero attached hydrogens (tertiary/aromatic N) is 5. The quantitative estimate of drug-likeness (QED) is 0.378. The zero-order valence-corrected chi connectivity index (χ0v) is 22.7. The number of hydrogen-bond donors (Lipinski definition) is 1. The van der Waals surface area contributed by atoms with Gasteiger partial charge in [-0.1, -0.05) is 6.07 Å². The molecule has 0 aliphatic carbocycles. The van der Waals surface area contributed by atoms with Gasteiger partial charge in [-0.3, -0.25) is 14.3 Å². The molecule has 0 radical (unpaired) electrons. The first kappa shape index (κ1) is 24.7. The molecular weight excluding hydrogens is 476 g/mol. The Morgan fingerprint density at radius 2 is 1.87 bits per heavy atom. The van der Waals surface area contributed by atoms with Crippen molar-refractivity contribution in [3.05, 3.63) is 59.1 Å². The van der Waals surface area contributed by atoms with Crippen LogP contribution in [-0.2, 0) is 6.54 Å². The second-order valence-corrected chi connectivity index (χ2v) is 11.4. The number of rotatable bonds is 7. The second-order valence-electron chi connectivity index (χ2n) is 11.4. The Hall–Kier alpha value is -3.65.